The molecule has 0 spiro atoms. The molecule has 7 nitrogen and oxygen atoms in total. The van der Waals surface area contributed by atoms with Gasteiger partial charge in [0.2, 0.25) is 0 Å². The number of rotatable bonds is 5. The van der Waals surface area contributed by atoms with Crippen LogP contribution in [-0.2, 0) is 18.9 Å². The molecule has 2 aromatic rings. The number of nitrogens with zero attached hydrogens (tertiary/aromatic N) is 2. The van der Waals surface area contributed by atoms with Crippen molar-refractivity contribution in [1.29, 1.82) is 0 Å². The van der Waals surface area contributed by atoms with Gasteiger partial charge >= 0.3 is 5.97 Å². The van der Waals surface area contributed by atoms with E-state index in [4.69, 9.17) is 14.2 Å². The van der Waals surface area contributed by atoms with E-state index in [1.165, 1.54) is 13.3 Å². The summed E-state index contributed by atoms with van der Waals surface area (Å²) in [7, 11) is 2.98. The first kappa shape index (κ1) is 15.7. The molecule has 122 valence electrons. The first-order chi connectivity index (χ1) is 11.2. The number of ether oxygens (including phenoxy) is 4. The van der Waals surface area contributed by atoms with E-state index in [0.717, 1.165) is 11.3 Å². The van der Waals surface area contributed by atoms with E-state index in [-0.39, 0.29) is 12.4 Å². The molecule has 0 aliphatic carbocycles. The molecule has 2 unspecified atom stereocenters. The molecule has 1 aromatic carbocycles. The van der Waals surface area contributed by atoms with Crippen molar-refractivity contribution in [1.82, 2.24) is 9.78 Å². The van der Waals surface area contributed by atoms with E-state index in [9.17, 15) is 4.79 Å². The third-order valence-electron chi connectivity index (χ3n) is 3.54. The summed E-state index contributed by atoms with van der Waals surface area (Å²) in [5, 5.41) is 4.16. The summed E-state index contributed by atoms with van der Waals surface area (Å²) in [6, 6.07) is 7.60. The fraction of sp³-hybridized carbons (Fsp3) is 0.375. The molecule has 0 amide bonds. The van der Waals surface area contributed by atoms with Crippen molar-refractivity contribution in [2.45, 2.75) is 12.4 Å². The predicted molar refractivity (Wildman–Crippen MR) is 80.3 cm³/mol. The normalized spacial score (nSPS) is 20.6. The molecule has 0 radical (unpaired) electrons. The lowest BCUT2D eigenvalue weighted by molar-refractivity contribution is -0.0704. The van der Waals surface area contributed by atoms with Crippen LogP contribution in [0.5, 0.6) is 0 Å². The minimum atomic E-state index is -0.412. The van der Waals surface area contributed by atoms with Crippen LogP contribution >= 0.6 is 0 Å². The quantitative estimate of drug-likeness (QED) is 0.782. The predicted octanol–water partition coefficient (Wildman–Crippen LogP) is 1.72. The molecule has 0 bridgehead atoms. The minimum Gasteiger partial charge on any atom is -0.465 e. The fourth-order valence-corrected chi connectivity index (χ4v) is 2.37. The molecule has 1 aromatic heterocycles. The van der Waals surface area contributed by atoms with Crippen LogP contribution in [0.15, 0.2) is 36.7 Å². The van der Waals surface area contributed by atoms with E-state index in [1.54, 1.807) is 18.0 Å². The number of hydrogen-bond acceptors (Lipinski definition) is 6. The topological polar surface area (TPSA) is 71.8 Å². The molecule has 2 atom stereocenters. The van der Waals surface area contributed by atoms with E-state index in [2.05, 4.69) is 9.84 Å². The van der Waals surface area contributed by atoms with Gasteiger partial charge in [-0.2, -0.15) is 5.10 Å². The Morgan fingerprint density at radius 2 is 2.13 bits per heavy atom. The van der Waals surface area contributed by atoms with E-state index >= 15 is 0 Å². The second-order valence-corrected chi connectivity index (χ2v) is 5.14. The summed E-state index contributed by atoms with van der Waals surface area (Å²) in [6.07, 6.45) is 2.67. The molecule has 3 rings (SSSR count). The van der Waals surface area contributed by atoms with Crippen molar-refractivity contribution >= 4 is 5.97 Å². The summed E-state index contributed by atoms with van der Waals surface area (Å²) in [5.41, 5.74) is 2.16. The Balaban J connectivity index is 1.70. The SMILES string of the molecule is COCC1COC(c2ccc(-n3cc(C(=O)OC)cn3)cc2)O1. The Morgan fingerprint density at radius 3 is 2.83 bits per heavy atom. The molecule has 0 saturated carbocycles. The van der Waals surface area contributed by atoms with Crippen molar-refractivity contribution in [3.63, 3.8) is 0 Å². The third kappa shape index (κ3) is 3.42. The number of esters is 1. The number of hydrogen-bond donors (Lipinski definition) is 0. The molecule has 1 fully saturated rings. The van der Waals surface area contributed by atoms with Gasteiger partial charge in [0.25, 0.3) is 0 Å². The molecule has 1 aliphatic rings. The average molecular weight is 318 g/mol. The molecular formula is C16H18N2O5. The highest BCUT2D eigenvalue weighted by molar-refractivity contribution is 5.88. The smallest absolute Gasteiger partial charge is 0.341 e. The number of aromatic nitrogens is 2. The van der Waals surface area contributed by atoms with Crippen molar-refractivity contribution in [3.05, 3.63) is 47.8 Å². The highest BCUT2D eigenvalue weighted by Gasteiger charge is 2.27. The lowest BCUT2D eigenvalue weighted by Gasteiger charge is -2.12. The van der Waals surface area contributed by atoms with Crippen LogP contribution in [0.25, 0.3) is 5.69 Å². The summed E-state index contributed by atoms with van der Waals surface area (Å²) >= 11 is 0. The van der Waals surface area contributed by atoms with Gasteiger partial charge in [-0.05, 0) is 12.1 Å². The second kappa shape index (κ2) is 6.91. The lowest BCUT2D eigenvalue weighted by atomic mass is 10.2. The van der Waals surface area contributed by atoms with Gasteiger partial charge in [-0.25, -0.2) is 9.48 Å². The summed E-state index contributed by atoms with van der Waals surface area (Å²) in [6.45, 7) is 1.03. The highest BCUT2D eigenvalue weighted by atomic mass is 16.7. The van der Waals surface area contributed by atoms with Gasteiger partial charge < -0.3 is 18.9 Å². The third-order valence-corrected chi connectivity index (χ3v) is 3.54. The zero-order valence-corrected chi connectivity index (χ0v) is 13.0. The number of carbonyl (C=O) groups excluding carboxylic acids is 1. The van der Waals surface area contributed by atoms with Gasteiger partial charge in [0.15, 0.2) is 6.29 Å². The van der Waals surface area contributed by atoms with E-state index < -0.39 is 5.97 Å². The highest BCUT2D eigenvalue weighted by Crippen LogP contribution is 2.27. The van der Waals surface area contributed by atoms with Gasteiger partial charge in [-0.1, -0.05) is 12.1 Å². The monoisotopic (exact) mass is 318 g/mol. The van der Waals surface area contributed by atoms with Gasteiger partial charge in [-0.3, -0.25) is 0 Å². The zero-order chi connectivity index (χ0) is 16.2. The molecule has 1 aliphatic heterocycles. The molecule has 2 heterocycles. The van der Waals surface area contributed by atoms with Crippen molar-refractivity contribution in [3.8, 4) is 5.69 Å². The first-order valence-electron chi connectivity index (χ1n) is 7.20. The fourth-order valence-electron chi connectivity index (χ4n) is 2.37. The zero-order valence-electron chi connectivity index (χ0n) is 13.0. The average Bonchev–Trinajstić information content (AvgIpc) is 3.24. The van der Waals surface area contributed by atoms with Crippen LogP contribution in [-0.4, -0.2) is 49.3 Å². The molecular weight excluding hydrogens is 300 g/mol. The Bertz CT molecular complexity index is 667. The Kier molecular flexibility index (Phi) is 4.71. The number of methoxy groups -OCH3 is 2. The number of carbonyl (C=O) groups is 1. The first-order valence-corrected chi connectivity index (χ1v) is 7.20. The van der Waals surface area contributed by atoms with Crippen LogP contribution < -0.4 is 0 Å². The van der Waals surface area contributed by atoms with Gasteiger partial charge in [0.1, 0.15) is 6.10 Å². The van der Waals surface area contributed by atoms with Crippen molar-refractivity contribution in [2.75, 3.05) is 27.4 Å². The van der Waals surface area contributed by atoms with Crippen LogP contribution in [0.3, 0.4) is 0 Å². The summed E-state index contributed by atoms with van der Waals surface area (Å²) < 4.78 is 22.7. The second-order valence-electron chi connectivity index (χ2n) is 5.14. The van der Waals surface area contributed by atoms with Crippen LogP contribution in [0.2, 0.25) is 0 Å². The minimum absolute atomic E-state index is 0.0431. The van der Waals surface area contributed by atoms with Crippen LogP contribution in [0.4, 0.5) is 0 Å². The van der Waals surface area contributed by atoms with Gasteiger partial charge in [0, 0.05) is 18.9 Å². The standard InChI is InChI=1S/C16H18N2O5/c1-20-9-14-10-22-16(23-14)11-3-5-13(6-4-11)18-8-12(7-17-18)15(19)21-2/h3-8,14,16H,9-10H2,1-2H3. The lowest BCUT2D eigenvalue weighted by Crippen LogP contribution is -2.16. The molecule has 0 N–H and O–H groups in total. The van der Waals surface area contributed by atoms with E-state index in [0.29, 0.717) is 18.8 Å². The molecule has 23 heavy (non-hydrogen) atoms. The molecule has 7 heteroatoms. The summed E-state index contributed by atoms with van der Waals surface area (Å²) in [4.78, 5) is 11.5. The summed E-state index contributed by atoms with van der Waals surface area (Å²) in [5.74, 6) is -0.412. The molecule has 1 saturated heterocycles. The Hall–Kier alpha value is -2.22. The maximum atomic E-state index is 11.5. The van der Waals surface area contributed by atoms with Crippen LogP contribution in [0.1, 0.15) is 22.2 Å². The van der Waals surface area contributed by atoms with Gasteiger partial charge in [-0.15, -0.1) is 0 Å². The Morgan fingerprint density at radius 1 is 1.35 bits per heavy atom. The Labute approximate surface area is 133 Å². The maximum Gasteiger partial charge on any atom is 0.341 e. The number of benzene rings is 1. The van der Waals surface area contributed by atoms with E-state index in [1.807, 2.05) is 24.3 Å². The van der Waals surface area contributed by atoms with Crippen molar-refractivity contribution in [2.24, 2.45) is 0 Å². The van der Waals surface area contributed by atoms with Crippen LogP contribution in [0, 0.1) is 0 Å². The van der Waals surface area contributed by atoms with Crippen molar-refractivity contribution < 1.29 is 23.7 Å². The largest absolute Gasteiger partial charge is 0.465 e. The maximum absolute atomic E-state index is 11.5. The van der Waals surface area contributed by atoms with Gasteiger partial charge in [0.05, 0.1) is 37.8 Å².